The first-order chi connectivity index (χ1) is 11.0. The van der Waals surface area contributed by atoms with Gasteiger partial charge in [-0.3, -0.25) is 10.1 Å². The molecule has 2 aromatic rings. The maximum atomic E-state index is 12.3. The maximum Gasteiger partial charge on any atom is 0.270 e. The summed E-state index contributed by atoms with van der Waals surface area (Å²) in [6.07, 6.45) is 3.24. The zero-order chi connectivity index (χ0) is 16.4. The summed E-state index contributed by atoms with van der Waals surface area (Å²) in [5, 5.41) is 10.8. The van der Waals surface area contributed by atoms with Crippen LogP contribution in [-0.2, 0) is 29.4 Å². The SMILES string of the molecule is O=[N+]([O-])c1cccc(S(=O)(=O)NCc2ccc3c(c2)CCC3)c1. The van der Waals surface area contributed by atoms with Gasteiger partial charge in [0.2, 0.25) is 10.0 Å². The Morgan fingerprint density at radius 1 is 1.09 bits per heavy atom. The molecule has 1 aliphatic rings. The van der Waals surface area contributed by atoms with Crippen LogP contribution in [0.15, 0.2) is 47.4 Å². The molecule has 1 aliphatic carbocycles. The van der Waals surface area contributed by atoms with E-state index < -0.39 is 14.9 Å². The molecule has 0 amide bonds. The summed E-state index contributed by atoms with van der Waals surface area (Å²) in [6, 6.07) is 11.0. The number of non-ortho nitro benzene ring substituents is 1. The van der Waals surface area contributed by atoms with E-state index in [1.165, 1.54) is 29.3 Å². The lowest BCUT2D eigenvalue weighted by Crippen LogP contribution is -2.23. The molecule has 2 aromatic carbocycles. The van der Waals surface area contributed by atoms with E-state index in [-0.39, 0.29) is 17.1 Å². The van der Waals surface area contributed by atoms with Crippen molar-refractivity contribution in [2.24, 2.45) is 0 Å². The van der Waals surface area contributed by atoms with Crippen molar-refractivity contribution in [3.05, 3.63) is 69.3 Å². The summed E-state index contributed by atoms with van der Waals surface area (Å²) >= 11 is 0. The number of fused-ring (bicyclic) bond motifs is 1. The van der Waals surface area contributed by atoms with Crippen molar-refractivity contribution in [1.29, 1.82) is 0 Å². The summed E-state index contributed by atoms with van der Waals surface area (Å²) in [7, 11) is -3.78. The van der Waals surface area contributed by atoms with Gasteiger partial charge in [0.1, 0.15) is 0 Å². The van der Waals surface area contributed by atoms with Crippen LogP contribution in [0.5, 0.6) is 0 Å². The number of hydrogen-bond acceptors (Lipinski definition) is 4. The van der Waals surface area contributed by atoms with Gasteiger partial charge in [0.05, 0.1) is 9.82 Å². The van der Waals surface area contributed by atoms with E-state index in [9.17, 15) is 18.5 Å². The van der Waals surface area contributed by atoms with Crippen LogP contribution in [0.4, 0.5) is 5.69 Å². The zero-order valence-corrected chi connectivity index (χ0v) is 13.2. The van der Waals surface area contributed by atoms with E-state index in [2.05, 4.69) is 4.72 Å². The Balaban J connectivity index is 1.76. The summed E-state index contributed by atoms with van der Waals surface area (Å²) in [4.78, 5) is 10.0. The van der Waals surface area contributed by atoms with E-state index in [1.54, 1.807) is 0 Å². The van der Waals surface area contributed by atoms with Gasteiger partial charge in [-0.25, -0.2) is 13.1 Å². The molecule has 7 heteroatoms. The molecule has 0 aromatic heterocycles. The van der Waals surface area contributed by atoms with Crippen LogP contribution in [0.25, 0.3) is 0 Å². The van der Waals surface area contributed by atoms with Crippen molar-refractivity contribution in [2.75, 3.05) is 0 Å². The van der Waals surface area contributed by atoms with Crippen LogP contribution in [0, 0.1) is 10.1 Å². The summed E-state index contributed by atoms with van der Waals surface area (Å²) in [5.74, 6) is 0. The fraction of sp³-hybridized carbons (Fsp3) is 0.250. The fourth-order valence-corrected chi connectivity index (χ4v) is 3.82. The molecule has 1 N–H and O–H groups in total. The third kappa shape index (κ3) is 3.40. The highest BCUT2D eigenvalue weighted by Crippen LogP contribution is 2.23. The summed E-state index contributed by atoms with van der Waals surface area (Å²) in [5.41, 5.74) is 3.25. The quantitative estimate of drug-likeness (QED) is 0.673. The van der Waals surface area contributed by atoms with Crippen molar-refractivity contribution in [1.82, 2.24) is 4.72 Å². The monoisotopic (exact) mass is 332 g/mol. The second-order valence-corrected chi connectivity index (χ2v) is 7.30. The Bertz CT molecular complexity index is 862. The number of sulfonamides is 1. The minimum Gasteiger partial charge on any atom is -0.258 e. The van der Waals surface area contributed by atoms with Crippen molar-refractivity contribution < 1.29 is 13.3 Å². The Morgan fingerprint density at radius 2 is 1.87 bits per heavy atom. The summed E-state index contributed by atoms with van der Waals surface area (Å²) in [6.45, 7) is 0.165. The first-order valence-electron chi connectivity index (χ1n) is 7.30. The van der Waals surface area contributed by atoms with Crippen molar-refractivity contribution in [3.63, 3.8) is 0 Å². The van der Waals surface area contributed by atoms with Crippen molar-refractivity contribution >= 4 is 15.7 Å². The van der Waals surface area contributed by atoms with E-state index in [1.807, 2.05) is 18.2 Å². The molecule has 3 rings (SSSR count). The minimum atomic E-state index is -3.78. The average Bonchev–Trinajstić information content (AvgIpc) is 3.01. The van der Waals surface area contributed by atoms with E-state index in [0.717, 1.165) is 30.9 Å². The topological polar surface area (TPSA) is 89.3 Å². The zero-order valence-electron chi connectivity index (χ0n) is 12.4. The molecule has 0 atom stereocenters. The highest BCUT2D eigenvalue weighted by molar-refractivity contribution is 7.89. The van der Waals surface area contributed by atoms with Gasteiger partial charge < -0.3 is 0 Å². The molecule has 0 radical (unpaired) electrons. The minimum absolute atomic E-state index is 0.104. The molecule has 23 heavy (non-hydrogen) atoms. The second-order valence-electron chi connectivity index (χ2n) is 5.54. The van der Waals surface area contributed by atoms with Gasteiger partial charge in [0, 0.05) is 18.7 Å². The second kappa shape index (κ2) is 6.10. The molecule has 0 saturated heterocycles. The molecule has 0 aliphatic heterocycles. The highest BCUT2D eigenvalue weighted by atomic mass is 32.2. The lowest BCUT2D eigenvalue weighted by atomic mass is 10.1. The molecule has 120 valence electrons. The first-order valence-corrected chi connectivity index (χ1v) is 8.79. The molecule has 0 bridgehead atoms. The maximum absolute atomic E-state index is 12.3. The molecule has 0 unspecified atom stereocenters. The van der Waals surface area contributed by atoms with Gasteiger partial charge in [-0.15, -0.1) is 0 Å². The van der Waals surface area contributed by atoms with E-state index in [4.69, 9.17) is 0 Å². The lowest BCUT2D eigenvalue weighted by Gasteiger charge is -2.08. The molecule has 0 saturated carbocycles. The fourth-order valence-electron chi connectivity index (χ4n) is 2.76. The number of hydrogen-bond donors (Lipinski definition) is 1. The number of nitrogens with zero attached hydrogens (tertiary/aromatic N) is 1. The molecule has 0 spiro atoms. The predicted octanol–water partition coefficient (Wildman–Crippen LogP) is 2.56. The Kier molecular flexibility index (Phi) is 4.14. The van der Waals surface area contributed by atoms with Crippen molar-refractivity contribution in [3.8, 4) is 0 Å². The average molecular weight is 332 g/mol. The molecular formula is C16H16N2O4S. The first kappa shape index (κ1) is 15.6. The normalized spacial score (nSPS) is 13.7. The third-order valence-corrected chi connectivity index (χ3v) is 5.37. The van der Waals surface area contributed by atoms with Gasteiger partial charge in [-0.05, 0) is 42.0 Å². The standard InChI is InChI=1S/C16H16N2O4S/c19-18(20)15-5-2-6-16(10-15)23(21,22)17-11-12-7-8-13-3-1-4-14(13)9-12/h2,5-10,17H,1,3-4,11H2. The Morgan fingerprint density at radius 3 is 2.65 bits per heavy atom. The van der Waals surface area contributed by atoms with Gasteiger partial charge in [-0.2, -0.15) is 0 Å². The van der Waals surface area contributed by atoms with E-state index >= 15 is 0 Å². The largest absolute Gasteiger partial charge is 0.270 e. The predicted molar refractivity (Wildman–Crippen MR) is 85.6 cm³/mol. The number of rotatable bonds is 5. The number of nitrogens with one attached hydrogen (secondary N) is 1. The van der Waals surface area contributed by atoms with Crippen LogP contribution < -0.4 is 4.72 Å². The van der Waals surface area contributed by atoms with Crippen LogP contribution in [0.2, 0.25) is 0 Å². The Labute approximate surface area is 134 Å². The van der Waals surface area contributed by atoms with Crippen LogP contribution >= 0.6 is 0 Å². The molecule has 0 heterocycles. The number of aryl methyl sites for hydroxylation is 2. The van der Waals surface area contributed by atoms with E-state index in [0.29, 0.717) is 0 Å². The number of benzene rings is 2. The highest BCUT2D eigenvalue weighted by Gasteiger charge is 2.18. The number of nitro groups is 1. The Hall–Kier alpha value is -2.25. The summed E-state index contributed by atoms with van der Waals surface area (Å²) < 4.78 is 27.1. The third-order valence-electron chi connectivity index (χ3n) is 3.97. The lowest BCUT2D eigenvalue weighted by molar-refractivity contribution is -0.385. The van der Waals surface area contributed by atoms with Gasteiger partial charge in [-0.1, -0.05) is 24.3 Å². The smallest absolute Gasteiger partial charge is 0.258 e. The molecule has 0 fully saturated rings. The van der Waals surface area contributed by atoms with Crippen LogP contribution in [0.1, 0.15) is 23.1 Å². The van der Waals surface area contributed by atoms with Gasteiger partial charge in [0.25, 0.3) is 5.69 Å². The van der Waals surface area contributed by atoms with Gasteiger partial charge in [0.15, 0.2) is 0 Å². The van der Waals surface area contributed by atoms with Crippen LogP contribution in [0.3, 0.4) is 0 Å². The van der Waals surface area contributed by atoms with Gasteiger partial charge >= 0.3 is 0 Å². The molecule has 6 nitrogen and oxygen atoms in total. The van der Waals surface area contributed by atoms with Crippen molar-refractivity contribution in [2.45, 2.75) is 30.7 Å². The molecular weight excluding hydrogens is 316 g/mol. The van der Waals surface area contributed by atoms with Crippen LogP contribution in [-0.4, -0.2) is 13.3 Å². The number of nitro benzene ring substituents is 1.